The van der Waals surface area contributed by atoms with Crippen molar-refractivity contribution < 1.29 is 13.2 Å². The van der Waals surface area contributed by atoms with Gasteiger partial charge in [-0.25, -0.2) is 13.2 Å². The molecule has 1 aliphatic heterocycles. The highest BCUT2D eigenvalue weighted by Gasteiger charge is 2.25. The molecule has 9 heteroatoms. The third-order valence-corrected chi connectivity index (χ3v) is 6.57. The Kier molecular flexibility index (Phi) is 9.87. The second kappa shape index (κ2) is 11.1. The van der Waals surface area contributed by atoms with E-state index >= 15 is 0 Å². The lowest BCUT2D eigenvalue weighted by Crippen LogP contribution is -2.47. The summed E-state index contributed by atoms with van der Waals surface area (Å²) in [6.07, 6.45) is 2.41. The Bertz CT molecular complexity index is 714. The van der Waals surface area contributed by atoms with Crippen LogP contribution in [0.1, 0.15) is 19.3 Å². The molecule has 2 rings (SSSR count). The lowest BCUT2D eigenvalue weighted by molar-refractivity contribution is 0.163. The first-order valence-electron chi connectivity index (χ1n) is 8.94. The second-order valence-electron chi connectivity index (χ2n) is 7.05. The molecule has 2 amide bonds. The number of likely N-dealkylation sites (N-methyl/N-ethyl adjacent to an activating group) is 1. The van der Waals surface area contributed by atoms with Crippen molar-refractivity contribution in [3.05, 3.63) is 29.3 Å². The predicted octanol–water partition coefficient (Wildman–Crippen LogP) is 2.91. The molecule has 1 N–H and O–H groups in total. The van der Waals surface area contributed by atoms with Gasteiger partial charge in [0, 0.05) is 31.2 Å². The Morgan fingerprint density at radius 3 is 2.78 bits per heavy atom. The molecule has 1 fully saturated rings. The minimum atomic E-state index is -3.35. The van der Waals surface area contributed by atoms with Gasteiger partial charge in [-0.3, -0.25) is 0 Å². The van der Waals surface area contributed by atoms with E-state index in [2.05, 4.69) is 5.32 Å². The molecule has 0 saturated carbocycles. The molecule has 1 saturated heterocycles. The first kappa shape index (κ1) is 24.0. The first-order valence-corrected chi connectivity index (χ1v) is 11.0. The van der Waals surface area contributed by atoms with Crippen LogP contribution in [0.5, 0.6) is 0 Å². The summed E-state index contributed by atoms with van der Waals surface area (Å²) in [5, 5.41) is 3.34. The van der Waals surface area contributed by atoms with Gasteiger partial charge < -0.3 is 15.1 Å². The Hall–Kier alpha value is -1.02. The number of benzene rings is 1. The molecule has 0 aromatic heterocycles. The average molecular weight is 438 g/mol. The van der Waals surface area contributed by atoms with E-state index in [1.165, 1.54) is 6.07 Å². The van der Waals surface area contributed by atoms with E-state index in [9.17, 15) is 13.2 Å². The molecule has 1 aromatic rings. The smallest absolute Gasteiger partial charge is 0.317 e. The number of nitrogens with one attached hydrogen (secondary N) is 1. The van der Waals surface area contributed by atoms with Crippen molar-refractivity contribution in [1.82, 2.24) is 15.1 Å². The van der Waals surface area contributed by atoms with Crippen molar-refractivity contribution in [1.29, 1.82) is 0 Å². The number of rotatable bonds is 7. The number of likely N-dealkylation sites (tertiary alicyclic amines) is 1. The first-order chi connectivity index (χ1) is 12.3. The highest BCUT2D eigenvalue weighted by atomic mass is 35.5. The Labute approximate surface area is 173 Å². The van der Waals surface area contributed by atoms with Crippen molar-refractivity contribution in [3.8, 4) is 0 Å². The van der Waals surface area contributed by atoms with Crippen LogP contribution in [-0.2, 0) is 9.84 Å². The van der Waals surface area contributed by atoms with E-state index in [1.54, 1.807) is 23.1 Å². The van der Waals surface area contributed by atoms with Gasteiger partial charge in [0.2, 0.25) is 0 Å². The zero-order valence-corrected chi connectivity index (χ0v) is 18.2. The lowest BCUT2D eigenvalue weighted by Gasteiger charge is -2.33. The highest BCUT2D eigenvalue weighted by molar-refractivity contribution is 7.91. The summed E-state index contributed by atoms with van der Waals surface area (Å²) in [6, 6.07) is 6.31. The summed E-state index contributed by atoms with van der Waals surface area (Å²) in [7, 11) is 0.571. The van der Waals surface area contributed by atoms with E-state index in [-0.39, 0.29) is 35.0 Å². The Morgan fingerprint density at radius 2 is 2.11 bits per heavy atom. The highest BCUT2D eigenvalue weighted by Crippen LogP contribution is 2.23. The van der Waals surface area contributed by atoms with Crippen molar-refractivity contribution in [2.75, 3.05) is 46.0 Å². The zero-order valence-electron chi connectivity index (χ0n) is 15.9. The number of carbonyl (C=O) groups excluding carboxylic acids is 1. The van der Waals surface area contributed by atoms with E-state index in [0.717, 1.165) is 25.9 Å². The number of sulfone groups is 1. The van der Waals surface area contributed by atoms with E-state index in [0.29, 0.717) is 24.5 Å². The van der Waals surface area contributed by atoms with Crippen LogP contribution in [-0.4, -0.2) is 70.3 Å². The van der Waals surface area contributed by atoms with E-state index in [1.807, 2.05) is 19.0 Å². The summed E-state index contributed by atoms with van der Waals surface area (Å²) >= 11 is 5.90. The van der Waals surface area contributed by atoms with Crippen LogP contribution in [0.4, 0.5) is 4.79 Å². The van der Waals surface area contributed by atoms with Gasteiger partial charge >= 0.3 is 6.03 Å². The summed E-state index contributed by atoms with van der Waals surface area (Å²) in [5.41, 5.74) is 0. The molecule has 1 aromatic carbocycles. The molecule has 1 atom stereocenters. The van der Waals surface area contributed by atoms with Crippen LogP contribution in [0.3, 0.4) is 0 Å². The molecule has 0 radical (unpaired) electrons. The number of urea groups is 1. The van der Waals surface area contributed by atoms with Gasteiger partial charge in [0.25, 0.3) is 0 Å². The average Bonchev–Trinajstić information content (AvgIpc) is 2.60. The minimum absolute atomic E-state index is 0. The van der Waals surface area contributed by atoms with Gasteiger partial charge in [-0.2, -0.15) is 0 Å². The minimum Gasteiger partial charge on any atom is -0.337 e. The lowest BCUT2D eigenvalue weighted by atomic mass is 9.96. The molecule has 154 valence electrons. The van der Waals surface area contributed by atoms with E-state index < -0.39 is 9.84 Å². The molecular weight excluding hydrogens is 409 g/mol. The maximum Gasteiger partial charge on any atom is 0.317 e. The number of halogens is 2. The summed E-state index contributed by atoms with van der Waals surface area (Å²) < 4.78 is 25.0. The van der Waals surface area contributed by atoms with Gasteiger partial charge in [-0.15, -0.1) is 12.4 Å². The SMILES string of the molecule is CN(C)CCNC(=O)N1CCCC(CCS(=O)(=O)c2cccc(Cl)c2)C1.Cl. The molecule has 1 heterocycles. The van der Waals surface area contributed by atoms with Gasteiger partial charge in [0.05, 0.1) is 10.6 Å². The second-order valence-corrected chi connectivity index (χ2v) is 9.60. The molecule has 6 nitrogen and oxygen atoms in total. The van der Waals surface area contributed by atoms with Gasteiger partial charge in [-0.1, -0.05) is 17.7 Å². The molecule has 1 unspecified atom stereocenters. The topological polar surface area (TPSA) is 69.7 Å². The van der Waals surface area contributed by atoms with Crippen LogP contribution in [0.15, 0.2) is 29.2 Å². The maximum atomic E-state index is 12.5. The number of hydrogen-bond donors (Lipinski definition) is 1. The largest absolute Gasteiger partial charge is 0.337 e. The molecule has 27 heavy (non-hydrogen) atoms. The molecule has 0 aliphatic carbocycles. The fraction of sp³-hybridized carbons (Fsp3) is 0.611. The fourth-order valence-corrected chi connectivity index (χ4v) is 4.81. The number of piperidine rings is 1. The number of amides is 2. The normalized spacial score (nSPS) is 17.5. The number of hydrogen-bond acceptors (Lipinski definition) is 4. The zero-order chi connectivity index (χ0) is 19.2. The fourth-order valence-electron chi connectivity index (χ4n) is 3.08. The maximum absolute atomic E-state index is 12.5. The monoisotopic (exact) mass is 437 g/mol. The number of nitrogens with zero attached hydrogens (tertiary/aromatic N) is 2. The van der Waals surface area contributed by atoms with Crippen molar-refractivity contribution in [3.63, 3.8) is 0 Å². The van der Waals surface area contributed by atoms with Crippen LogP contribution in [0, 0.1) is 5.92 Å². The van der Waals surface area contributed by atoms with Crippen LogP contribution in [0.25, 0.3) is 0 Å². The van der Waals surface area contributed by atoms with Crippen LogP contribution < -0.4 is 5.32 Å². The quantitative estimate of drug-likeness (QED) is 0.711. The summed E-state index contributed by atoms with van der Waals surface area (Å²) in [4.78, 5) is 16.3. The molecule has 0 bridgehead atoms. The third kappa shape index (κ3) is 7.86. The van der Waals surface area contributed by atoms with Crippen LogP contribution in [0.2, 0.25) is 5.02 Å². The summed E-state index contributed by atoms with van der Waals surface area (Å²) in [5.74, 6) is 0.283. The van der Waals surface area contributed by atoms with Crippen molar-refractivity contribution in [2.45, 2.75) is 24.2 Å². The van der Waals surface area contributed by atoms with Crippen molar-refractivity contribution >= 4 is 39.9 Å². The van der Waals surface area contributed by atoms with E-state index in [4.69, 9.17) is 11.6 Å². The van der Waals surface area contributed by atoms with Gasteiger partial charge in [0.15, 0.2) is 9.84 Å². The molecule has 0 spiro atoms. The van der Waals surface area contributed by atoms with Gasteiger partial charge in [-0.05, 0) is 57.5 Å². The summed E-state index contributed by atoms with van der Waals surface area (Å²) in [6.45, 7) is 2.74. The Morgan fingerprint density at radius 1 is 1.37 bits per heavy atom. The molecular formula is C18H29Cl2N3O3S. The molecule has 1 aliphatic rings. The standard InChI is InChI=1S/C18H28ClN3O3S.ClH/c1-21(2)11-9-20-18(23)22-10-4-5-15(14-22)8-12-26(24,25)17-7-3-6-16(19)13-17;/h3,6-7,13,15H,4-5,8-12,14H2,1-2H3,(H,20,23);1H. The predicted molar refractivity (Wildman–Crippen MR) is 112 cm³/mol. The number of carbonyl (C=O) groups is 1. The van der Waals surface area contributed by atoms with Crippen LogP contribution >= 0.6 is 24.0 Å². The Balaban J connectivity index is 0.00000364. The third-order valence-electron chi connectivity index (χ3n) is 4.59. The van der Waals surface area contributed by atoms with Gasteiger partial charge in [0.1, 0.15) is 0 Å². The van der Waals surface area contributed by atoms with Crippen molar-refractivity contribution in [2.24, 2.45) is 5.92 Å².